The number of aliphatic carboxylic acids is 1. The molecular weight excluding hydrogens is 410 g/mol. The van der Waals surface area contributed by atoms with Crippen molar-refractivity contribution in [2.75, 3.05) is 0 Å². The maximum Gasteiger partial charge on any atom is 0.336 e. The Labute approximate surface area is 186 Å². The van der Waals surface area contributed by atoms with E-state index in [1.807, 2.05) is 6.07 Å². The van der Waals surface area contributed by atoms with Crippen LogP contribution in [0.2, 0.25) is 0 Å². The van der Waals surface area contributed by atoms with E-state index in [9.17, 15) is 19.5 Å². The predicted octanol–water partition coefficient (Wildman–Crippen LogP) is 4.15. The number of ether oxygens (including phenoxy) is 1. The molecule has 2 atom stereocenters. The average Bonchev–Trinajstić information content (AvgIpc) is 2.78. The molecule has 0 spiro atoms. The Morgan fingerprint density at radius 1 is 1.16 bits per heavy atom. The first-order chi connectivity index (χ1) is 15.3. The van der Waals surface area contributed by atoms with Crippen molar-refractivity contribution in [3.05, 3.63) is 75.6 Å². The molecule has 1 heterocycles. The highest BCUT2D eigenvalue weighted by Gasteiger charge is 2.26. The van der Waals surface area contributed by atoms with Crippen molar-refractivity contribution in [1.82, 2.24) is 5.32 Å². The average molecular weight is 437 g/mol. The number of hydrogen-bond donors (Lipinski definition) is 2. The Morgan fingerprint density at radius 3 is 2.53 bits per heavy atom. The molecule has 0 bridgehead atoms. The Hall–Kier alpha value is -3.61. The van der Waals surface area contributed by atoms with Gasteiger partial charge in [0.2, 0.25) is 0 Å². The van der Waals surface area contributed by atoms with Gasteiger partial charge in [0.15, 0.2) is 12.1 Å². The van der Waals surface area contributed by atoms with E-state index in [1.165, 1.54) is 13.0 Å². The molecule has 0 saturated carbocycles. The molecule has 3 aromatic rings. The molecule has 32 heavy (non-hydrogen) atoms. The normalized spacial score (nSPS) is 12.8. The maximum absolute atomic E-state index is 12.7. The van der Waals surface area contributed by atoms with E-state index in [0.29, 0.717) is 22.5 Å². The lowest BCUT2D eigenvalue weighted by atomic mass is 10.0. The molecule has 0 aliphatic carbocycles. The quantitative estimate of drug-likeness (QED) is 0.487. The number of nitrogens with one attached hydrogen (secondary N) is 1. The lowest BCUT2D eigenvalue weighted by Crippen LogP contribution is -2.41. The summed E-state index contributed by atoms with van der Waals surface area (Å²) in [6.07, 6.45) is 1.77. The second-order valence-corrected chi connectivity index (χ2v) is 7.71. The number of aryl methyl sites for hydroxylation is 2. The van der Waals surface area contributed by atoms with Crippen LogP contribution in [0.3, 0.4) is 0 Å². The summed E-state index contributed by atoms with van der Waals surface area (Å²) in [6, 6.07) is 12.3. The number of unbranched alkanes of at least 4 members (excludes halogenated alkanes) is 1. The molecule has 0 fully saturated rings. The smallest absolute Gasteiger partial charge is 0.336 e. The van der Waals surface area contributed by atoms with Crippen LogP contribution in [0.15, 0.2) is 57.7 Å². The summed E-state index contributed by atoms with van der Waals surface area (Å²) in [5, 5.41) is 12.9. The van der Waals surface area contributed by atoms with Gasteiger partial charge in [-0.05, 0) is 49.9 Å². The van der Waals surface area contributed by atoms with Gasteiger partial charge in [-0.3, -0.25) is 4.79 Å². The number of amides is 1. The predicted molar refractivity (Wildman–Crippen MR) is 121 cm³/mol. The third-order valence-electron chi connectivity index (χ3n) is 5.34. The molecule has 1 aromatic heterocycles. The van der Waals surface area contributed by atoms with Gasteiger partial charge in [0.05, 0.1) is 0 Å². The molecule has 0 aliphatic rings. The van der Waals surface area contributed by atoms with Crippen LogP contribution < -0.4 is 15.7 Å². The molecule has 0 radical (unpaired) electrons. The summed E-state index contributed by atoms with van der Waals surface area (Å²) in [6.45, 7) is 5.39. The van der Waals surface area contributed by atoms with Gasteiger partial charge < -0.3 is 19.6 Å². The summed E-state index contributed by atoms with van der Waals surface area (Å²) in [4.78, 5) is 36.4. The summed E-state index contributed by atoms with van der Waals surface area (Å²) >= 11 is 0. The molecule has 7 heteroatoms. The first kappa shape index (κ1) is 23.1. The third-order valence-corrected chi connectivity index (χ3v) is 5.34. The number of carbonyl (C=O) groups excluding carboxylic acids is 1. The van der Waals surface area contributed by atoms with E-state index in [0.717, 1.165) is 30.2 Å². The second kappa shape index (κ2) is 10.1. The topological polar surface area (TPSA) is 106 Å². The van der Waals surface area contributed by atoms with Crippen molar-refractivity contribution < 1.29 is 23.8 Å². The van der Waals surface area contributed by atoms with Crippen molar-refractivity contribution in [2.45, 2.75) is 52.2 Å². The molecule has 168 valence electrons. The van der Waals surface area contributed by atoms with Gasteiger partial charge in [0, 0.05) is 17.0 Å². The largest absolute Gasteiger partial charge is 0.480 e. The molecular formula is C25H27NO6. The molecule has 7 nitrogen and oxygen atoms in total. The summed E-state index contributed by atoms with van der Waals surface area (Å²) < 4.78 is 11.3. The Kier molecular flexibility index (Phi) is 7.30. The fourth-order valence-electron chi connectivity index (χ4n) is 3.55. The van der Waals surface area contributed by atoms with E-state index in [-0.39, 0.29) is 0 Å². The maximum atomic E-state index is 12.7. The Morgan fingerprint density at radius 2 is 1.88 bits per heavy atom. The standard InChI is InChI=1S/C25H27NO6/c1-4-5-9-18-14-21(27)32-23-15(2)20(13-12-19(18)23)31-16(3)24(28)26-22(25(29)30)17-10-7-6-8-11-17/h6-8,10-14,16,22H,4-5,9H2,1-3H3,(H,26,28)(H,29,30)/t16-,22+/m1/s1. The fraction of sp³-hybridized carbons (Fsp3) is 0.320. The molecule has 0 unspecified atom stereocenters. The Bertz CT molecular complexity index is 1170. The SMILES string of the molecule is CCCCc1cc(=O)oc2c(C)c(O[C@H](C)C(=O)N[C@H](C(=O)O)c3ccccc3)ccc12. The highest BCUT2D eigenvalue weighted by atomic mass is 16.5. The van der Waals surface area contributed by atoms with E-state index in [4.69, 9.17) is 9.15 Å². The van der Waals surface area contributed by atoms with E-state index in [2.05, 4.69) is 12.2 Å². The van der Waals surface area contributed by atoms with Gasteiger partial charge in [-0.2, -0.15) is 0 Å². The van der Waals surface area contributed by atoms with Crippen molar-refractivity contribution >= 4 is 22.8 Å². The van der Waals surface area contributed by atoms with Crippen LogP contribution in [0.25, 0.3) is 11.0 Å². The molecule has 2 N–H and O–H groups in total. The zero-order valence-electron chi connectivity index (χ0n) is 18.4. The van der Waals surface area contributed by atoms with Crippen molar-refractivity contribution in [3.63, 3.8) is 0 Å². The van der Waals surface area contributed by atoms with Crippen LogP contribution in [0.1, 0.15) is 49.4 Å². The molecule has 3 rings (SSSR count). The van der Waals surface area contributed by atoms with Crippen molar-refractivity contribution in [1.29, 1.82) is 0 Å². The summed E-state index contributed by atoms with van der Waals surface area (Å²) in [7, 11) is 0. The minimum atomic E-state index is -1.19. The number of carbonyl (C=O) groups is 2. The minimum absolute atomic E-state index is 0.391. The van der Waals surface area contributed by atoms with Crippen molar-refractivity contribution in [2.24, 2.45) is 0 Å². The molecule has 0 saturated heterocycles. The highest BCUT2D eigenvalue weighted by molar-refractivity contribution is 5.88. The Balaban J connectivity index is 1.82. The van der Waals surface area contributed by atoms with Gasteiger partial charge in [-0.1, -0.05) is 43.7 Å². The number of hydrogen-bond acceptors (Lipinski definition) is 5. The van der Waals surface area contributed by atoms with Crippen LogP contribution >= 0.6 is 0 Å². The summed E-state index contributed by atoms with van der Waals surface area (Å²) in [5.74, 6) is -1.35. The van der Waals surface area contributed by atoms with Crippen LogP contribution in [0, 0.1) is 6.92 Å². The van der Waals surface area contributed by atoms with Crippen molar-refractivity contribution in [3.8, 4) is 5.75 Å². The summed E-state index contributed by atoms with van der Waals surface area (Å²) in [5.41, 5.74) is 1.99. The van der Waals surface area contributed by atoms with E-state index < -0.39 is 29.6 Å². The number of rotatable bonds is 9. The molecule has 0 aliphatic heterocycles. The highest BCUT2D eigenvalue weighted by Crippen LogP contribution is 2.30. The first-order valence-electron chi connectivity index (χ1n) is 10.6. The zero-order valence-corrected chi connectivity index (χ0v) is 18.4. The van der Waals surface area contributed by atoms with Gasteiger partial charge >= 0.3 is 11.6 Å². The van der Waals surface area contributed by atoms with Gasteiger partial charge in [0.25, 0.3) is 5.91 Å². The fourth-order valence-corrected chi connectivity index (χ4v) is 3.55. The van der Waals surface area contributed by atoms with Crippen LogP contribution in [0.5, 0.6) is 5.75 Å². The van der Waals surface area contributed by atoms with Gasteiger partial charge in [-0.15, -0.1) is 0 Å². The lowest BCUT2D eigenvalue weighted by Gasteiger charge is -2.20. The number of benzene rings is 2. The third kappa shape index (κ3) is 5.17. The van der Waals surface area contributed by atoms with E-state index >= 15 is 0 Å². The van der Waals surface area contributed by atoms with E-state index in [1.54, 1.807) is 43.3 Å². The van der Waals surface area contributed by atoms with Gasteiger partial charge in [0.1, 0.15) is 11.3 Å². The number of carboxylic acid groups (broad SMARTS) is 1. The van der Waals surface area contributed by atoms with Crippen LogP contribution in [-0.4, -0.2) is 23.1 Å². The van der Waals surface area contributed by atoms with Crippen LogP contribution in [0.4, 0.5) is 0 Å². The lowest BCUT2D eigenvalue weighted by molar-refractivity contribution is -0.143. The minimum Gasteiger partial charge on any atom is -0.480 e. The number of fused-ring (bicyclic) bond motifs is 1. The monoisotopic (exact) mass is 437 g/mol. The van der Waals surface area contributed by atoms with Gasteiger partial charge in [-0.25, -0.2) is 9.59 Å². The first-order valence-corrected chi connectivity index (χ1v) is 10.6. The number of carboxylic acids is 1. The zero-order chi connectivity index (χ0) is 23.3. The molecule has 1 amide bonds. The van der Waals surface area contributed by atoms with Crippen LogP contribution in [-0.2, 0) is 16.0 Å². The molecule has 2 aromatic carbocycles. The second-order valence-electron chi connectivity index (χ2n) is 7.71.